The maximum absolute atomic E-state index is 11.7. The van der Waals surface area contributed by atoms with Crippen LogP contribution in [0.2, 0.25) is 0 Å². The quantitative estimate of drug-likeness (QED) is 0.719. The van der Waals surface area contributed by atoms with E-state index in [2.05, 4.69) is 0 Å². The van der Waals surface area contributed by atoms with Crippen LogP contribution in [-0.2, 0) is 19.2 Å². The summed E-state index contributed by atoms with van der Waals surface area (Å²) in [7, 11) is 0. The summed E-state index contributed by atoms with van der Waals surface area (Å²) in [5.41, 5.74) is 0. The minimum Gasteiger partial charge on any atom is -0.450 e. The number of imide groups is 2. The lowest BCUT2D eigenvalue weighted by Gasteiger charge is -2.34. The van der Waals surface area contributed by atoms with Gasteiger partial charge < -0.3 is 10.2 Å². The fourth-order valence-corrected chi connectivity index (χ4v) is 3.46. The molecule has 25 heavy (non-hydrogen) atoms. The van der Waals surface area contributed by atoms with E-state index in [9.17, 15) is 19.2 Å². The molecule has 2 N–H and O–H groups in total. The van der Waals surface area contributed by atoms with E-state index < -0.39 is 6.16 Å². The Morgan fingerprint density at radius 1 is 0.920 bits per heavy atom. The number of hydrogen-bond donors (Lipinski definition) is 2. The monoisotopic (exact) mass is 352 g/mol. The minimum absolute atomic E-state index is 0.00635. The third-order valence-electron chi connectivity index (χ3n) is 4.61. The van der Waals surface area contributed by atoms with Crippen LogP contribution in [0.5, 0.6) is 0 Å². The number of carboxylic acid groups (broad SMARTS) is 2. The summed E-state index contributed by atoms with van der Waals surface area (Å²) in [6.07, 6.45) is 4.64. The molecule has 0 radical (unpaired) electrons. The fourth-order valence-electron chi connectivity index (χ4n) is 3.46. The highest BCUT2D eigenvalue weighted by molar-refractivity contribution is 6.12. The van der Waals surface area contributed by atoms with Gasteiger partial charge in [0.2, 0.25) is 11.8 Å². The molecule has 3 rings (SSSR count). The van der Waals surface area contributed by atoms with Gasteiger partial charge in [-0.2, -0.15) is 0 Å². The highest BCUT2D eigenvalue weighted by Gasteiger charge is 2.37. The number of nitrogens with zero attached hydrogens (tertiary/aromatic N) is 2. The molecule has 0 aromatic heterocycles. The smallest absolute Gasteiger partial charge is 0.450 e. The SMILES string of the molecule is O=C(O)O.O=C1C=CC(=O)N1CC1CCC(N2C(=O)CCC2=O)CC1. The molecule has 0 aromatic rings. The molecule has 3 aliphatic rings. The summed E-state index contributed by atoms with van der Waals surface area (Å²) in [4.78, 5) is 57.8. The zero-order chi connectivity index (χ0) is 18.6. The second-order valence-corrected chi connectivity index (χ2v) is 6.24. The van der Waals surface area contributed by atoms with Crippen molar-refractivity contribution in [2.75, 3.05) is 6.54 Å². The Morgan fingerprint density at radius 3 is 1.80 bits per heavy atom. The molecule has 1 aliphatic carbocycles. The van der Waals surface area contributed by atoms with Crippen molar-refractivity contribution in [3.63, 3.8) is 0 Å². The van der Waals surface area contributed by atoms with Gasteiger partial charge in [-0.25, -0.2) is 4.79 Å². The van der Waals surface area contributed by atoms with Gasteiger partial charge in [0.15, 0.2) is 0 Å². The molecule has 0 spiro atoms. The van der Waals surface area contributed by atoms with Crippen LogP contribution in [0, 0.1) is 5.92 Å². The molecule has 9 nitrogen and oxygen atoms in total. The molecule has 0 atom stereocenters. The zero-order valence-corrected chi connectivity index (χ0v) is 13.6. The number of carbonyl (C=O) groups is 5. The first-order chi connectivity index (χ1) is 11.8. The number of carbonyl (C=O) groups excluding carboxylic acids is 4. The van der Waals surface area contributed by atoms with Crippen molar-refractivity contribution in [1.82, 2.24) is 9.80 Å². The molecule has 4 amide bonds. The van der Waals surface area contributed by atoms with Gasteiger partial charge in [-0.05, 0) is 31.6 Å². The Hall–Kier alpha value is -2.71. The number of rotatable bonds is 3. The Morgan fingerprint density at radius 2 is 1.36 bits per heavy atom. The molecular formula is C16H20N2O7. The molecule has 136 valence electrons. The second-order valence-electron chi connectivity index (χ2n) is 6.24. The maximum Gasteiger partial charge on any atom is 0.503 e. The van der Waals surface area contributed by atoms with Crippen molar-refractivity contribution < 1.29 is 34.2 Å². The Bertz CT molecular complexity index is 582. The predicted molar refractivity (Wildman–Crippen MR) is 83.3 cm³/mol. The molecule has 2 fully saturated rings. The minimum atomic E-state index is -1.83. The summed E-state index contributed by atoms with van der Waals surface area (Å²) in [6.45, 7) is 0.444. The van der Waals surface area contributed by atoms with Gasteiger partial charge in [0, 0.05) is 37.6 Å². The first-order valence-corrected chi connectivity index (χ1v) is 8.10. The molecule has 1 saturated heterocycles. The average Bonchev–Trinajstić information content (AvgIpc) is 3.04. The van der Waals surface area contributed by atoms with E-state index >= 15 is 0 Å². The number of likely N-dealkylation sites (tertiary alicyclic amines) is 1. The van der Waals surface area contributed by atoms with Gasteiger partial charge in [0.05, 0.1) is 0 Å². The van der Waals surface area contributed by atoms with Crippen molar-refractivity contribution in [2.24, 2.45) is 5.92 Å². The molecule has 0 unspecified atom stereocenters. The molecule has 0 aromatic carbocycles. The van der Waals surface area contributed by atoms with E-state index in [1.807, 2.05) is 0 Å². The molecule has 2 aliphatic heterocycles. The highest BCUT2D eigenvalue weighted by Crippen LogP contribution is 2.31. The van der Waals surface area contributed by atoms with Crippen LogP contribution in [-0.4, -0.2) is 62.4 Å². The Kier molecular flexibility index (Phi) is 5.89. The first kappa shape index (κ1) is 18.6. The van der Waals surface area contributed by atoms with Crippen molar-refractivity contribution in [2.45, 2.75) is 44.6 Å². The maximum atomic E-state index is 11.7. The average molecular weight is 352 g/mol. The van der Waals surface area contributed by atoms with Crippen molar-refractivity contribution in [3.05, 3.63) is 12.2 Å². The van der Waals surface area contributed by atoms with Gasteiger partial charge in [-0.3, -0.25) is 29.0 Å². The van der Waals surface area contributed by atoms with Gasteiger partial charge in [-0.15, -0.1) is 0 Å². The molecule has 1 saturated carbocycles. The standard InChI is InChI=1S/C15H18N2O4.CH2O3/c18-12-5-6-13(19)16(12)9-10-1-3-11(4-2-10)17-14(20)7-8-15(17)21;2-1(3)4/h5-6,10-11H,1-4,7-9H2;(H2,2,3,4). The van der Waals surface area contributed by atoms with Crippen molar-refractivity contribution in [3.8, 4) is 0 Å². The van der Waals surface area contributed by atoms with E-state index in [4.69, 9.17) is 15.0 Å². The summed E-state index contributed by atoms with van der Waals surface area (Å²) in [6, 6.07) is 0.00635. The molecular weight excluding hydrogens is 332 g/mol. The summed E-state index contributed by atoms with van der Waals surface area (Å²) in [5.74, 6) is -0.337. The van der Waals surface area contributed by atoms with Crippen molar-refractivity contribution in [1.29, 1.82) is 0 Å². The van der Waals surface area contributed by atoms with Gasteiger partial charge in [0.25, 0.3) is 11.8 Å². The van der Waals surface area contributed by atoms with E-state index in [1.165, 1.54) is 22.0 Å². The van der Waals surface area contributed by atoms with E-state index in [1.54, 1.807) is 0 Å². The number of amides is 4. The summed E-state index contributed by atoms with van der Waals surface area (Å²) in [5, 5.41) is 13.9. The van der Waals surface area contributed by atoms with E-state index in [0.717, 1.165) is 25.7 Å². The normalized spacial score (nSPS) is 26.1. The predicted octanol–water partition coefficient (Wildman–Crippen LogP) is 0.842. The van der Waals surface area contributed by atoms with Crippen molar-refractivity contribution >= 4 is 29.8 Å². The van der Waals surface area contributed by atoms with Crippen LogP contribution in [0.3, 0.4) is 0 Å². The Labute approximate surface area is 143 Å². The fraction of sp³-hybridized carbons (Fsp3) is 0.562. The lowest BCUT2D eigenvalue weighted by atomic mass is 9.85. The van der Waals surface area contributed by atoms with Crippen LogP contribution < -0.4 is 0 Å². The van der Waals surface area contributed by atoms with Crippen LogP contribution in [0.4, 0.5) is 4.79 Å². The highest BCUT2D eigenvalue weighted by atomic mass is 16.6. The lowest BCUT2D eigenvalue weighted by molar-refractivity contribution is -0.142. The third-order valence-corrected chi connectivity index (χ3v) is 4.61. The van der Waals surface area contributed by atoms with Gasteiger partial charge >= 0.3 is 6.16 Å². The topological polar surface area (TPSA) is 132 Å². The summed E-state index contributed by atoms with van der Waals surface area (Å²) < 4.78 is 0. The summed E-state index contributed by atoms with van der Waals surface area (Å²) >= 11 is 0. The Balaban J connectivity index is 0.000000511. The van der Waals surface area contributed by atoms with Crippen LogP contribution in [0.25, 0.3) is 0 Å². The molecule has 9 heteroatoms. The first-order valence-electron chi connectivity index (χ1n) is 8.10. The lowest BCUT2D eigenvalue weighted by Crippen LogP contribution is -2.43. The molecule has 0 bridgehead atoms. The van der Waals surface area contributed by atoms with Crippen LogP contribution >= 0.6 is 0 Å². The third kappa shape index (κ3) is 4.65. The second kappa shape index (κ2) is 7.91. The van der Waals surface area contributed by atoms with E-state index in [-0.39, 0.29) is 35.6 Å². The van der Waals surface area contributed by atoms with Crippen LogP contribution in [0.15, 0.2) is 12.2 Å². The molecule has 2 heterocycles. The number of hydrogen-bond acceptors (Lipinski definition) is 5. The van der Waals surface area contributed by atoms with Gasteiger partial charge in [-0.1, -0.05) is 0 Å². The largest absolute Gasteiger partial charge is 0.503 e. The van der Waals surface area contributed by atoms with E-state index in [0.29, 0.717) is 19.4 Å². The zero-order valence-electron chi connectivity index (χ0n) is 13.6. The van der Waals surface area contributed by atoms with Gasteiger partial charge in [0.1, 0.15) is 0 Å². The van der Waals surface area contributed by atoms with Crippen LogP contribution in [0.1, 0.15) is 38.5 Å².